The zero-order valence-electron chi connectivity index (χ0n) is 17.1. The molecular weight excluding hydrogens is 438 g/mol. The molecule has 0 fully saturated rings. The molecule has 0 radical (unpaired) electrons. The van der Waals surface area contributed by atoms with Crippen molar-refractivity contribution in [1.82, 2.24) is 5.43 Å². The molecule has 162 valence electrons. The summed E-state index contributed by atoms with van der Waals surface area (Å²) in [4.78, 5) is 12.4. The highest BCUT2D eigenvalue weighted by molar-refractivity contribution is 7.94. The van der Waals surface area contributed by atoms with E-state index in [1.54, 1.807) is 50.8 Å². The first-order chi connectivity index (χ1) is 14.8. The molecule has 0 aliphatic heterocycles. The molecule has 0 spiro atoms. The zero-order chi connectivity index (χ0) is 22.4. The maximum atomic E-state index is 12.4. The number of benzene rings is 2. The summed E-state index contributed by atoms with van der Waals surface area (Å²) in [5.74, 6) is 0.729. The van der Waals surface area contributed by atoms with Gasteiger partial charge in [-0.15, -0.1) is 11.3 Å². The number of anilines is 1. The number of methoxy groups -OCH3 is 2. The van der Waals surface area contributed by atoms with Gasteiger partial charge in [-0.2, -0.15) is 5.10 Å². The van der Waals surface area contributed by atoms with Crippen LogP contribution in [0, 0.1) is 0 Å². The standard InChI is InChI=1S/C21H21N3O5S2/c1-14(16-8-11-18(28-2)19(13-16)29-3)22-23-21(25)15-6-9-17(10-7-15)24-31(26,27)20-5-4-12-30-20/h4-13,24H,1-3H3,(H,23,25)/b22-14-. The Kier molecular flexibility index (Phi) is 6.93. The van der Waals surface area contributed by atoms with Crippen molar-refractivity contribution in [2.45, 2.75) is 11.1 Å². The summed E-state index contributed by atoms with van der Waals surface area (Å²) < 4.78 is 37.7. The average Bonchev–Trinajstić information content (AvgIpc) is 3.33. The smallest absolute Gasteiger partial charge is 0.271 e. The fourth-order valence-electron chi connectivity index (χ4n) is 2.64. The number of ether oxygens (including phenoxy) is 2. The van der Waals surface area contributed by atoms with Crippen molar-refractivity contribution in [2.75, 3.05) is 18.9 Å². The lowest BCUT2D eigenvalue weighted by Crippen LogP contribution is -2.19. The van der Waals surface area contributed by atoms with Gasteiger partial charge >= 0.3 is 0 Å². The molecule has 0 atom stereocenters. The number of hydrogen-bond donors (Lipinski definition) is 2. The summed E-state index contributed by atoms with van der Waals surface area (Å²) in [6.45, 7) is 1.75. The van der Waals surface area contributed by atoms with Crippen LogP contribution in [0.2, 0.25) is 0 Å². The second kappa shape index (κ2) is 9.63. The van der Waals surface area contributed by atoms with Gasteiger partial charge in [0, 0.05) is 16.8 Å². The number of nitrogens with one attached hydrogen (secondary N) is 2. The molecule has 2 aromatic carbocycles. The van der Waals surface area contributed by atoms with Gasteiger partial charge in [0.25, 0.3) is 15.9 Å². The number of hydrogen-bond acceptors (Lipinski definition) is 7. The van der Waals surface area contributed by atoms with Crippen molar-refractivity contribution >= 4 is 38.7 Å². The lowest BCUT2D eigenvalue weighted by atomic mass is 10.1. The quantitative estimate of drug-likeness (QED) is 0.394. The van der Waals surface area contributed by atoms with Gasteiger partial charge in [-0.1, -0.05) is 6.07 Å². The second-order valence-electron chi connectivity index (χ2n) is 6.32. The third-order valence-corrected chi connectivity index (χ3v) is 7.06. The highest BCUT2D eigenvalue weighted by Crippen LogP contribution is 2.27. The first-order valence-electron chi connectivity index (χ1n) is 9.07. The van der Waals surface area contributed by atoms with Crippen molar-refractivity contribution in [1.29, 1.82) is 0 Å². The number of carbonyl (C=O) groups is 1. The van der Waals surface area contributed by atoms with Crippen molar-refractivity contribution < 1.29 is 22.7 Å². The van der Waals surface area contributed by atoms with Crippen LogP contribution in [0.3, 0.4) is 0 Å². The van der Waals surface area contributed by atoms with E-state index in [0.29, 0.717) is 28.5 Å². The summed E-state index contributed by atoms with van der Waals surface area (Å²) in [7, 11) is -0.545. The van der Waals surface area contributed by atoms with E-state index in [9.17, 15) is 13.2 Å². The lowest BCUT2D eigenvalue weighted by molar-refractivity contribution is 0.0955. The van der Waals surface area contributed by atoms with Crippen molar-refractivity contribution in [2.24, 2.45) is 5.10 Å². The molecule has 1 aromatic heterocycles. The molecule has 10 heteroatoms. The van der Waals surface area contributed by atoms with Crippen LogP contribution in [0.5, 0.6) is 11.5 Å². The number of sulfonamides is 1. The van der Waals surface area contributed by atoms with E-state index in [-0.39, 0.29) is 4.21 Å². The Balaban J connectivity index is 1.67. The summed E-state index contributed by atoms with van der Waals surface area (Å²) in [6.07, 6.45) is 0. The molecule has 0 bridgehead atoms. The first-order valence-corrected chi connectivity index (χ1v) is 11.4. The fraction of sp³-hybridized carbons (Fsp3) is 0.143. The Hall–Kier alpha value is -3.37. The van der Waals surface area contributed by atoms with Crippen molar-refractivity contribution in [3.63, 3.8) is 0 Å². The summed E-state index contributed by atoms with van der Waals surface area (Å²) in [5.41, 5.74) is 4.52. The molecular formula is C21H21N3O5S2. The van der Waals surface area contributed by atoms with Crippen LogP contribution in [-0.2, 0) is 10.0 Å². The predicted molar refractivity (Wildman–Crippen MR) is 121 cm³/mol. The fourth-order valence-corrected chi connectivity index (χ4v) is 4.69. The van der Waals surface area contributed by atoms with Crippen molar-refractivity contribution in [3.05, 3.63) is 71.1 Å². The number of thiophene rings is 1. The summed E-state index contributed by atoms with van der Waals surface area (Å²) in [5, 5.41) is 5.81. The Morgan fingerprint density at radius 2 is 1.65 bits per heavy atom. The Morgan fingerprint density at radius 1 is 0.968 bits per heavy atom. The predicted octanol–water partition coefficient (Wildman–Crippen LogP) is 3.72. The van der Waals surface area contributed by atoms with Crippen LogP contribution >= 0.6 is 11.3 Å². The van der Waals surface area contributed by atoms with E-state index in [0.717, 1.165) is 16.9 Å². The van der Waals surface area contributed by atoms with Gasteiger partial charge in [-0.25, -0.2) is 13.8 Å². The number of nitrogens with zero attached hydrogens (tertiary/aromatic N) is 1. The monoisotopic (exact) mass is 459 g/mol. The van der Waals surface area contributed by atoms with Crippen LogP contribution in [-0.4, -0.2) is 34.3 Å². The summed E-state index contributed by atoms with van der Waals surface area (Å²) >= 11 is 1.12. The van der Waals surface area contributed by atoms with Crippen LogP contribution in [0.15, 0.2) is 69.3 Å². The number of amides is 1. The van der Waals surface area contributed by atoms with Gasteiger partial charge in [0.05, 0.1) is 19.9 Å². The van der Waals surface area contributed by atoms with E-state index < -0.39 is 15.9 Å². The van der Waals surface area contributed by atoms with Crippen molar-refractivity contribution in [3.8, 4) is 11.5 Å². The maximum Gasteiger partial charge on any atom is 0.271 e. The minimum absolute atomic E-state index is 0.217. The first kappa shape index (κ1) is 22.3. The maximum absolute atomic E-state index is 12.4. The minimum atomic E-state index is -3.64. The number of hydrazone groups is 1. The zero-order valence-corrected chi connectivity index (χ0v) is 18.7. The van der Waals surface area contributed by atoms with Crippen LogP contribution < -0.4 is 19.6 Å². The molecule has 3 rings (SSSR count). The molecule has 0 unspecified atom stereocenters. The highest BCUT2D eigenvalue weighted by Gasteiger charge is 2.15. The van der Waals surface area contributed by atoms with E-state index in [1.807, 2.05) is 0 Å². The van der Waals surface area contributed by atoms with Crippen LogP contribution in [0.1, 0.15) is 22.8 Å². The van der Waals surface area contributed by atoms with Gasteiger partial charge in [0.2, 0.25) is 0 Å². The topological polar surface area (TPSA) is 106 Å². The third-order valence-electron chi connectivity index (χ3n) is 4.29. The second-order valence-corrected chi connectivity index (χ2v) is 9.18. The van der Waals surface area contributed by atoms with E-state index >= 15 is 0 Å². The highest BCUT2D eigenvalue weighted by atomic mass is 32.2. The number of rotatable bonds is 8. The molecule has 2 N–H and O–H groups in total. The molecule has 3 aromatic rings. The van der Waals surface area contributed by atoms with E-state index in [2.05, 4.69) is 15.2 Å². The molecule has 0 saturated carbocycles. The lowest BCUT2D eigenvalue weighted by Gasteiger charge is -2.10. The molecule has 1 heterocycles. The Labute approximate surface area is 184 Å². The molecule has 1 amide bonds. The Morgan fingerprint density at radius 3 is 2.26 bits per heavy atom. The summed E-state index contributed by atoms with van der Waals surface area (Å²) in [6, 6.07) is 14.6. The molecule has 0 aliphatic rings. The van der Waals surface area contributed by atoms with Crippen LogP contribution in [0.25, 0.3) is 0 Å². The SMILES string of the molecule is COc1ccc(/C(C)=N\NC(=O)c2ccc(NS(=O)(=O)c3cccs3)cc2)cc1OC. The van der Waals surface area contributed by atoms with E-state index in [1.165, 1.54) is 30.3 Å². The molecule has 0 aliphatic carbocycles. The Bertz CT molecular complexity index is 1190. The average molecular weight is 460 g/mol. The molecule has 8 nitrogen and oxygen atoms in total. The normalized spacial score (nSPS) is 11.6. The van der Waals surface area contributed by atoms with E-state index in [4.69, 9.17) is 9.47 Å². The molecule has 31 heavy (non-hydrogen) atoms. The number of carbonyl (C=O) groups excluding carboxylic acids is 1. The van der Waals surface area contributed by atoms with Gasteiger partial charge in [-0.3, -0.25) is 9.52 Å². The van der Waals surface area contributed by atoms with Gasteiger partial charge in [-0.05, 0) is 60.8 Å². The van der Waals surface area contributed by atoms with Gasteiger partial charge < -0.3 is 9.47 Å². The van der Waals surface area contributed by atoms with Crippen LogP contribution in [0.4, 0.5) is 5.69 Å². The third kappa shape index (κ3) is 5.41. The minimum Gasteiger partial charge on any atom is -0.493 e. The molecule has 0 saturated heterocycles. The largest absolute Gasteiger partial charge is 0.493 e. The van der Waals surface area contributed by atoms with Gasteiger partial charge in [0.1, 0.15) is 4.21 Å². The van der Waals surface area contributed by atoms with Gasteiger partial charge in [0.15, 0.2) is 11.5 Å².